The number of carboxylic acid groups (broad SMARTS) is 1. The number of halogens is 2. The summed E-state index contributed by atoms with van der Waals surface area (Å²) in [6, 6.07) is 20.9. The fourth-order valence-corrected chi connectivity index (χ4v) is 5.33. The highest BCUT2D eigenvalue weighted by molar-refractivity contribution is 8.00. The van der Waals surface area contributed by atoms with Gasteiger partial charge in [0, 0.05) is 11.1 Å². The average Bonchev–Trinajstić information content (AvgIpc) is 3.18. The molecule has 1 aliphatic rings. The Bertz CT molecular complexity index is 1390. The summed E-state index contributed by atoms with van der Waals surface area (Å²) in [6.45, 7) is -0.566. The van der Waals surface area contributed by atoms with Crippen molar-refractivity contribution in [3.8, 4) is 16.9 Å². The Morgan fingerprint density at radius 1 is 0.971 bits per heavy atom. The van der Waals surface area contributed by atoms with E-state index in [1.165, 1.54) is 57.7 Å². The Balaban J connectivity index is 1.84. The number of carbonyl (C=O) groups is 2. The van der Waals surface area contributed by atoms with Gasteiger partial charge in [0.25, 0.3) is 0 Å². The molecule has 1 amide bonds. The lowest BCUT2D eigenvalue weighted by Crippen LogP contribution is -2.38. The first-order chi connectivity index (χ1) is 16.9. The minimum absolute atomic E-state index is 0.0155. The Kier molecular flexibility index (Phi) is 6.08. The van der Waals surface area contributed by atoms with Crippen LogP contribution in [0.3, 0.4) is 0 Å². The Morgan fingerprint density at radius 2 is 1.60 bits per heavy atom. The number of benzene rings is 3. The number of nitrogens with zero attached hydrogens (tertiary/aromatic N) is 3. The van der Waals surface area contributed by atoms with Crippen molar-refractivity contribution in [3.05, 3.63) is 102 Å². The standard InChI is InChI=1S/C26H19F2N3O3S/c27-18-8-6-17(7-9-18)25-23-24(16-4-2-1-3-5-16)29-31(20-12-10-19(28)11-13-20)26(23)30(14-22(33)34)21(32)15-35-25/h1-13,25H,14-15H2,(H,33,34). The van der Waals surface area contributed by atoms with Gasteiger partial charge in [0.1, 0.15) is 24.0 Å². The van der Waals surface area contributed by atoms with E-state index in [1.807, 2.05) is 30.3 Å². The molecule has 1 aliphatic heterocycles. The van der Waals surface area contributed by atoms with Crippen LogP contribution in [0.2, 0.25) is 0 Å². The molecule has 5 rings (SSSR count). The summed E-state index contributed by atoms with van der Waals surface area (Å²) in [7, 11) is 0. The van der Waals surface area contributed by atoms with Gasteiger partial charge >= 0.3 is 5.97 Å². The number of thioether (sulfide) groups is 1. The van der Waals surface area contributed by atoms with E-state index in [0.717, 1.165) is 11.1 Å². The number of rotatable bonds is 5. The molecule has 1 unspecified atom stereocenters. The number of carbonyl (C=O) groups excluding carboxylic acids is 1. The maximum Gasteiger partial charge on any atom is 0.323 e. The lowest BCUT2D eigenvalue weighted by molar-refractivity contribution is -0.136. The third-order valence-corrected chi connectivity index (χ3v) is 6.93. The van der Waals surface area contributed by atoms with Gasteiger partial charge in [0.15, 0.2) is 0 Å². The molecule has 0 spiro atoms. The molecule has 0 aliphatic carbocycles. The van der Waals surface area contributed by atoms with Crippen molar-refractivity contribution >= 4 is 29.5 Å². The number of hydrogen-bond donors (Lipinski definition) is 1. The number of aromatic nitrogens is 2. The summed E-state index contributed by atoms with van der Waals surface area (Å²) in [5, 5.41) is 14.0. The molecular formula is C26H19F2N3O3S. The lowest BCUT2D eigenvalue weighted by Gasteiger charge is -2.22. The Morgan fingerprint density at radius 3 is 2.23 bits per heavy atom. The van der Waals surface area contributed by atoms with E-state index in [1.54, 1.807) is 12.1 Å². The van der Waals surface area contributed by atoms with Crippen LogP contribution >= 0.6 is 11.8 Å². The molecule has 0 fully saturated rings. The number of anilines is 1. The van der Waals surface area contributed by atoms with Gasteiger partial charge < -0.3 is 5.11 Å². The second-order valence-electron chi connectivity index (χ2n) is 7.96. The Labute approximate surface area is 203 Å². The van der Waals surface area contributed by atoms with Crippen molar-refractivity contribution < 1.29 is 23.5 Å². The first-order valence-electron chi connectivity index (χ1n) is 10.8. The highest BCUT2D eigenvalue weighted by Crippen LogP contribution is 2.48. The predicted octanol–water partition coefficient (Wildman–Crippen LogP) is 5.07. The van der Waals surface area contributed by atoms with Gasteiger partial charge in [-0.1, -0.05) is 42.5 Å². The van der Waals surface area contributed by atoms with Crippen LogP contribution in [0.1, 0.15) is 16.4 Å². The van der Waals surface area contributed by atoms with Crippen LogP contribution in [0, 0.1) is 11.6 Å². The molecule has 0 radical (unpaired) electrons. The van der Waals surface area contributed by atoms with Crippen LogP contribution < -0.4 is 4.90 Å². The van der Waals surface area contributed by atoms with Crippen molar-refractivity contribution in [2.24, 2.45) is 0 Å². The van der Waals surface area contributed by atoms with Crippen molar-refractivity contribution in [2.45, 2.75) is 5.25 Å². The number of hydrogen-bond acceptors (Lipinski definition) is 4. The zero-order valence-corrected chi connectivity index (χ0v) is 19.1. The van der Waals surface area contributed by atoms with Gasteiger partial charge in [-0.05, 0) is 42.0 Å². The zero-order valence-electron chi connectivity index (χ0n) is 18.3. The summed E-state index contributed by atoms with van der Waals surface area (Å²) in [4.78, 5) is 26.2. The molecule has 0 saturated heterocycles. The molecule has 3 aromatic carbocycles. The number of amides is 1. The highest BCUT2D eigenvalue weighted by Gasteiger charge is 2.37. The molecule has 0 saturated carbocycles. The minimum atomic E-state index is -1.18. The van der Waals surface area contributed by atoms with Gasteiger partial charge in [-0.3, -0.25) is 14.5 Å². The van der Waals surface area contributed by atoms with Crippen molar-refractivity contribution in [2.75, 3.05) is 17.2 Å². The Hall–Kier alpha value is -3.98. The minimum Gasteiger partial charge on any atom is -0.480 e. The summed E-state index contributed by atoms with van der Waals surface area (Å²) in [5.41, 5.74) is 3.17. The zero-order chi connectivity index (χ0) is 24.5. The SMILES string of the molecule is O=C(O)CN1C(=O)CSC(c2ccc(F)cc2)c2c(-c3ccccc3)nn(-c3ccc(F)cc3)c21. The van der Waals surface area contributed by atoms with E-state index in [0.29, 0.717) is 22.8 Å². The second-order valence-corrected chi connectivity index (χ2v) is 9.05. The second kappa shape index (κ2) is 9.34. The molecule has 2 heterocycles. The molecule has 6 nitrogen and oxygen atoms in total. The molecule has 4 aromatic rings. The van der Waals surface area contributed by atoms with Crippen LogP contribution in [0.5, 0.6) is 0 Å². The molecule has 1 N–H and O–H groups in total. The van der Waals surface area contributed by atoms with Crippen LogP contribution in [-0.2, 0) is 9.59 Å². The van der Waals surface area contributed by atoms with Gasteiger partial charge in [-0.25, -0.2) is 13.5 Å². The first kappa shape index (κ1) is 22.8. The highest BCUT2D eigenvalue weighted by atomic mass is 32.2. The van der Waals surface area contributed by atoms with E-state index in [2.05, 4.69) is 0 Å². The van der Waals surface area contributed by atoms with Crippen LogP contribution in [0.25, 0.3) is 16.9 Å². The average molecular weight is 492 g/mol. The summed E-state index contributed by atoms with van der Waals surface area (Å²) >= 11 is 1.32. The maximum atomic E-state index is 13.7. The molecular weight excluding hydrogens is 472 g/mol. The first-order valence-corrected chi connectivity index (χ1v) is 11.8. The summed E-state index contributed by atoms with van der Waals surface area (Å²) in [5.74, 6) is -2.09. The molecule has 176 valence electrons. The molecule has 9 heteroatoms. The smallest absolute Gasteiger partial charge is 0.323 e. The molecule has 35 heavy (non-hydrogen) atoms. The monoisotopic (exact) mass is 491 g/mol. The number of fused-ring (bicyclic) bond motifs is 1. The summed E-state index contributed by atoms with van der Waals surface area (Å²) < 4.78 is 28.9. The molecule has 0 bridgehead atoms. The van der Waals surface area contributed by atoms with Gasteiger partial charge in [-0.15, -0.1) is 11.8 Å². The third-order valence-electron chi connectivity index (χ3n) is 5.67. The van der Waals surface area contributed by atoms with E-state index in [-0.39, 0.29) is 11.6 Å². The van der Waals surface area contributed by atoms with Gasteiger partial charge in [-0.2, -0.15) is 5.10 Å². The van der Waals surface area contributed by atoms with Crippen molar-refractivity contribution in [3.63, 3.8) is 0 Å². The molecule has 1 aromatic heterocycles. The fraction of sp³-hybridized carbons (Fsp3) is 0.115. The molecule has 1 atom stereocenters. The van der Waals surface area contributed by atoms with Crippen molar-refractivity contribution in [1.82, 2.24) is 9.78 Å². The van der Waals surface area contributed by atoms with E-state index >= 15 is 0 Å². The van der Waals surface area contributed by atoms with E-state index < -0.39 is 29.5 Å². The predicted molar refractivity (Wildman–Crippen MR) is 130 cm³/mol. The fourth-order valence-electron chi connectivity index (χ4n) is 4.13. The largest absolute Gasteiger partial charge is 0.480 e. The number of carboxylic acids is 1. The number of aliphatic carboxylic acids is 1. The van der Waals surface area contributed by atoms with Crippen LogP contribution in [0.4, 0.5) is 14.6 Å². The van der Waals surface area contributed by atoms with Crippen LogP contribution in [-0.4, -0.2) is 39.1 Å². The van der Waals surface area contributed by atoms with Gasteiger partial charge in [0.05, 0.1) is 22.4 Å². The maximum absolute atomic E-state index is 13.7. The van der Waals surface area contributed by atoms with Crippen molar-refractivity contribution in [1.29, 1.82) is 0 Å². The van der Waals surface area contributed by atoms with E-state index in [9.17, 15) is 23.5 Å². The normalized spacial score (nSPS) is 15.5. The lowest BCUT2D eigenvalue weighted by atomic mass is 9.99. The van der Waals surface area contributed by atoms with Crippen LogP contribution in [0.15, 0.2) is 78.9 Å². The van der Waals surface area contributed by atoms with E-state index in [4.69, 9.17) is 5.10 Å². The van der Waals surface area contributed by atoms with Gasteiger partial charge in [0.2, 0.25) is 5.91 Å². The third kappa shape index (κ3) is 4.42. The topological polar surface area (TPSA) is 75.4 Å². The summed E-state index contributed by atoms with van der Waals surface area (Å²) in [6.07, 6.45) is 0. The quantitative estimate of drug-likeness (QED) is 0.422.